The van der Waals surface area contributed by atoms with Crippen LogP contribution in [-0.2, 0) is 28.6 Å². The summed E-state index contributed by atoms with van der Waals surface area (Å²) in [6, 6.07) is 0. The first-order valence-corrected chi connectivity index (χ1v) is 12.3. The van der Waals surface area contributed by atoms with Gasteiger partial charge in [-0.3, -0.25) is 4.79 Å². The minimum atomic E-state index is -0.424. The molecule has 0 N–H and O–H groups in total. The Morgan fingerprint density at radius 2 is 1.62 bits per heavy atom. The molecular weight excluding hydrogens is 408 g/mol. The predicted molar refractivity (Wildman–Crippen MR) is 116 cm³/mol. The Labute approximate surface area is 189 Å². The van der Waals surface area contributed by atoms with Crippen molar-refractivity contribution in [1.29, 1.82) is 0 Å². The van der Waals surface area contributed by atoms with Gasteiger partial charge in [-0.2, -0.15) is 0 Å². The average molecular weight is 443 g/mol. The van der Waals surface area contributed by atoms with Gasteiger partial charge in [-0.05, 0) is 75.0 Å². The number of rotatable bonds is 5. The zero-order valence-electron chi connectivity index (χ0n) is 18.9. The normalized spacial score (nSPS) is 46.2. The molecule has 0 aromatic heterocycles. The maximum absolute atomic E-state index is 11.6. The molecular formula is C26H34O6. The number of ether oxygens (including phenoxy) is 3. The van der Waals surface area contributed by atoms with Crippen molar-refractivity contribution in [3.8, 4) is 0 Å². The molecule has 0 amide bonds. The molecule has 7 aliphatic rings. The summed E-state index contributed by atoms with van der Waals surface area (Å²) in [5.74, 6) is 2.97. The minimum Gasteiger partial charge on any atom is -0.458 e. The second-order valence-corrected chi connectivity index (χ2v) is 10.7. The quantitative estimate of drug-likeness (QED) is 0.364. The molecule has 5 atom stereocenters. The molecule has 32 heavy (non-hydrogen) atoms. The lowest BCUT2D eigenvalue weighted by Crippen LogP contribution is -2.59. The third kappa shape index (κ3) is 3.32. The van der Waals surface area contributed by atoms with Crippen LogP contribution in [-0.4, -0.2) is 35.7 Å². The van der Waals surface area contributed by atoms with Gasteiger partial charge in [-0.1, -0.05) is 20.1 Å². The van der Waals surface area contributed by atoms with E-state index in [0.717, 1.165) is 37.2 Å². The highest BCUT2D eigenvalue weighted by Gasteiger charge is 2.63. The number of hydrogen-bond donors (Lipinski definition) is 0. The number of esters is 3. The topological polar surface area (TPSA) is 78.9 Å². The van der Waals surface area contributed by atoms with E-state index in [0.29, 0.717) is 17.8 Å². The molecule has 6 saturated carbocycles. The fraction of sp³-hybridized carbons (Fsp3) is 0.731. The monoisotopic (exact) mass is 442 g/mol. The molecule has 7 fully saturated rings. The van der Waals surface area contributed by atoms with Crippen molar-refractivity contribution >= 4 is 17.9 Å². The lowest BCUT2D eigenvalue weighted by molar-refractivity contribution is -0.206. The van der Waals surface area contributed by atoms with Crippen LogP contribution in [0.25, 0.3) is 0 Å². The Hall–Kier alpha value is -2.11. The van der Waals surface area contributed by atoms with Crippen LogP contribution < -0.4 is 0 Å². The summed E-state index contributed by atoms with van der Waals surface area (Å²) in [6.45, 7) is 9.07. The maximum Gasteiger partial charge on any atom is 0.330 e. The van der Waals surface area contributed by atoms with Crippen molar-refractivity contribution in [3.63, 3.8) is 0 Å². The first-order valence-electron chi connectivity index (χ1n) is 12.3. The summed E-state index contributed by atoms with van der Waals surface area (Å²) in [4.78, 5) is 34.2. The van der Waals surface area contributed by atoms with Gasteiger partial charge < -0.3 is 14.2 Å². The van der Waals surface area contributed by atoms with Crippen molar-refractivity contribution in [2.45, 2.75) is 76.1 Å². The summed E-state index contributed by atoms with van der Waals surface area (Å²) in [7, 11) is 0. The number of hydrogen-bond acceptors (Lipinski definition) is 6. The van der Waals surface area contributed by atoms with E-state index in [1.54, 1.807) is 0 Å². The van der Waals surface area contributed by atoms with Gasteiger partial charge in [0.1, 0.15) is 17.8 Å². The lowest BCUT2D eigenvalue weighted by Gasteiger charge is -2.60. The fourth-order valence-electron chi connectivity index (χ4n) is 8.27. The molecule has 6 heteroatoms. The van der Waals surface area contributed by atoms with Gasteiger partial charge in [0.05, 0.1) is 5.92 Å². The molecule has 6 nitrogen and oxygen atoms in total. The molecule has 5 unspecified atom stereocenters. The van der Waals surface area contributed by atoms with E-state index in [2.05, 4.69) is 20.1 Å². The van der Waals surface area contributed by atoms with Crippen LogP contribution in [0.1, 0.15) is 58.3 Å². The third-order valence-electron chi connectivity index (χ3n) is 9.36. The Morgan fingerprint density at radius 1 is 1.00 bits per heavy atom. The number of carbonyl (C=O) groups excluding carboxylic acids is 3. The van der Waals surface area contributed by atoms with Crippen LogP contribution in [0.5, 0.6) is 0 Å². The fourth-order valence-corrected chi connectivity index (χ4v) is 8.27. The van der Waals surface area contributed by atoms with E-state index in [4.69, 9.17) is 14.2 Å². The number of carbonyl (C=O) groups is 3. The smallest absolute Gasteiger partial charge is 0.330 e. The van der Waals surface area contributed by atoms with E-state index < -0.39 is 5.97 Å². The van der Waals surface area contributed by atoms with Crippen LogP contribution in [0.2, 0.25) is 0 Å². The summed E-state index contributed by atoms with van der Waals surface area (Å²) < 4.78 is 16.3. The molecule has 1 aliphatic heterocycles. The van der Waals surface area contributed by atoms with E-state index >= 15 is 0 Å². The average Bonchev–Trinajstić information content (AvgIpc) is 3.41. The minimum absolute atomic E-state index is 0.0682. The van der Waals surface area contributed by atoms with Crippen molar-refractivity contribution in [2.75, 3.05) is 0 Å². The van der Waals surface area contributed by atoms with Crippen LogP contribution in [0.4, 0.5) is 0 Å². The van der Waals surface area contributed by atoms with Gasteiger partial charge in [0.15, 0.2) is 0 Å². The van der Waals surface area contributed by atoms with Gasteiger partial charge >= 0.3 is 17.9 Å². The van der Waals surface area contributed by atoms with Crippen molar-refractivity contribution in [3.05, 3.63) is 25.3 Å². The van der Waals surface area contributed by atoms with E-state index in [1.807, 2.05) is 0 Å². The van der Waals surface area contributed by atoms with Gasteiger partial charge in [0.25, 0.3) is 0 Å². The lowest BCUT2D eigenvalue weighted by atomic mass is 9.49. The second-order valence-electron chi connectivity index (χ2n) is 10.7. The Morgan fingerprint density at radius 3 is 2.19 bits per heavy atom. The molecule has 1 heterocycles. The highest BCUT2D eigenvalue weighted by Crippen LogP contribution is 2.60. The first kappa shape index (κ1) is 21.7. The Bertz CT molecular complexity index is 802. The number of fused-ring (bicyclic) bond motifs is 1. The molecule has 0 aromatic rings. The third-order valence-corrected chi connectivity index (χ3v) is 9.36. The molecule has 1 saturated heterocycles. The largest absolute Gasteiger partial charge is 0.458 e. The zero-order chi connectivity index (χ0) is 22.6. The van der Waals surface area contributed by atoms with Gasteiger partial charge in [0.2, 0.25) is 0 Å². The van der Waals surface area contributed by atoms with Crippen LogP contribution >= 0.6 is 0 Å². The van der Waals surface area contributed by atoms with Crippen molar-refractivity contribution < 1.29 is 28.6 Å². The van der Waals surface area contributed by atoms with Crippen LogP contribution in [0.3, 0.4) is 0 Å². The summed E-state index contributed by atoms with van der Waals surface area (Å²) in [6.07, 6.45) is 11.4. The maximum atomic E-state index is 11.6. The molecule has 0 radical (unpaired) electrons. The summed E-state index contributed by atoms with van der Waals surface area (Å²) in [5, 5.41) is 0. The standard InChI is InChI=1S/C15H22O2.C11H12O4/c1-3-14(16)17-15(4-2)12-6-10-5-11(8-12)9-13(15)7-10;1-2-8(12)14-9-5-3-6-7(4-5)11(13)15-10(6)9/h3,10-13H,1,4-9H2,2H3;2,5-7,9-10H,1,3-4H2. The van der Waals surface area contributed by atoms with Crippen LogP contribution in [0.15, 0.2) is 25.3 Å². The molecule has 6 aliphatic carbocycles. The van der Waals surface area contributed by atoms with Gasteiger partial charge in [0, 0.05) is 24.0 Å². The van der Waals surface area contributed by atoms with E-state index in [1.165, 1.54) is 38.2 Å². The Kier molecular flexibility index (Phi) is 5.45. The second kappa shape index (κ2) is 8.03. The molecule has 0 aromatic carbocycles. The van der Waals surface area contributed by atoms with Crippen LogP contribution in [0, 0.1) is 41.4 Å². The molecule has 6 bridgehead atoms. The molecule has 7 rings (SSSR count). The first-order chi connectivity index (χ1) is 15.4. The van der Waals surface area contributed by atoms with Gasteiger partial charge in [-0.25, -0.2) is 9.59 Å². The summed E-state index contributed by atoms with van der Waals surface area (Å²) >= 11 is 0. The van der Waals surface area contributed by atoms with E-state index in [-0.39, 0.29) is 41.6 Å². The highest BCUT2D eigenvalue weighted by molar-refractivity contribution is 5.82. The zero-order valence-corrected chi connectivity index (χ0v) is 18.9. The van der Waals surface area contributed by atoms with E-state index in [9.17, 15) is 14.4 Å². The summed E-state index contributed by atoms with van der Waals surface area (Å²) in [5.41, 5.74) is -0.154. The highest BCUT2D eigenvalue weighted by atomic mass is 16.6. The molecule has 174 valence electrons. The van der Waals surface area contributed by atoms with Crippen molar-refractivity contribution in [2.24, 2.45) is 41.4 Å². The SMILES string of the molecule is C=CC(=O)OC1(CC)C2CC3CC(C2)CC1C3.C=CC(=O)OC1C2CC3C(=O)OC1C3C2. The van der Waals surface area contributed by atoms with Crippen molar-refractivity contribution in [1.82, 2.24) is 0 Å². The van der Waals surface area contributed by atoms with Gasteiger partial charge in [-0.15, -0.1) is 0 Å². The molecule has 0 spiro atoms. The Balaban J connectivity index is 0.000000136. The predicted octanol–water partition coefficient (Wildman–Crippen LogP) is 3.99.